The van der Waals surface area contributed by atoms with Crippen LogP contribution in [0.15, 0.2) is 0 Å². The molecule has 12 heteroatoms. The van der Waals surface area contributed by atoms with Gasteiger partial charge in [0.2, 0.25) is 22.1 Å². The lowest BCUT2D eigenvalue weighted by Crippen LogP contribution is -2.22. The Morgan fingerprint density at radius 1 is 0.750 bits per heavy atom. The molecule has 2 aromatic heterocycles. The normalized spacial score (nSPS) is 28.0. The highest BCUT2D eigenvalue weighted by Gasteiger charge is 2.31. The minimum atomic E-state index is -0.102. The Balaban J connectivity index is 1.18. The first-order valence-corrected chi connectivity index (χ1v) is 12.7. The smallest absolute Gasteiger partial charge is 0.231 e. The zero-order chi connectivity index (χ0) is 21.9. The number of nitrogens with one attached hydrogen (secondary N) is 2. The van der Waals surface area contributed by atoms with Crippen molar-refractivity contribution in [2.45, 2.75) is 50.4 Å². The van der Waals surface area contributed by atoms with Gasteiger partial charge in [0.05, 0.1) is 25.0 Å². The summed E-state index contributed by atoms with van der Waals surface area (Å²) in [6.07, 6.45) is 5.56. The fourth-order valence-corrected chi connectivity index (χ4v) is 6.22. The van der Waals surface area contributed by atoms with Crippen molar-refractivity contribution in [3.05, 3.63) is 10.0 Å². The van der Waals surface area contributed by atoms with Crippen LogP contribution in [-0.2, 0) is 19.1 Å². The third kappa shape index (κ3) is 4.98. The van der Waals surface area contributed by atoms with E-state index in [2.05, 4.69) is 31.0 Å². The van der Waals surface area contributed by atoms with Gasteiger partial charge in [-0.1, -0.05) is 29.1 Å². The number of carbonyl (C=O) groups excluding carboxylic acids is 2. The van der Waals surface area contributed by atoms with Gasteiger partial charge in [0.1, 0.15) is 10.0 Å². The first-order chi connectivity index (χ1) is 15.7. The molecule has 1 aliphatic carbocycles. The van der Waals surface area contributed by atoms with Gasteiger partial charge in [-0.15, -0.1) is 20.4 Å². The zero-order valence-corrected chi connectivity index (χ0v) is 19.3. The molecule has 10 nitrogen and oxygen atoms in total. The van der Waals surface area contributed by atoms with Gasteiger partial charge >= 0.3 is 0 Å². The van der Waals surface area contributed by atoms with Gasteiger partial charge in [-0.3, -0.25) is 9.59 Å². The largest absolute Gasteiger partial charge is 0.381 e. The standard InChI is InChI=1S/C20H26N6O4S2/c27-15(13-4-6-29-9-13)21-19-25-23-17(31-19)11-2-1-3-12(8-11)18-24-26-20(32-18)22-16(28)14-5-7-30-10-14/h11-14H,1-10H2,(H,21,25,27)(H,22,26,28)/t11-,12?,13?,14?/m0/s1. The molecule has 2 saturated heterocycles. The third-order valence-electron chi connectivity index (χ3n) is 6.32. The number of hydrogen-bond acceptors (Lipinski definition) is 10. The molecule has 5 rings (SSSR count). The molecule has 3 fully saturated rings. The number of ether oxygens (including phenoxy) is 2. The van der Waals surface area contributed by atoms with E-state index in [1.807, 2.05) is 0 Å². The Bertz CT molecular complexity index is 879. The Morgan fingerprint density at radius 2 is 1.25 bits per heavy atom. The van der Waals surface area contributed by atoms with Crippen molar-refractivity contribution in [2.24, 2.45) is 11.8 Å². The van der Waals surface area contributed by atoms with E-state index in [4.69, 9.17) is 9.47 Å². The van der Waals surface area contributed by atoms with E-state index in [0.717, 1.165) is 48.5 Å². The Morgan fingerprint density at radius 3 is 1.69 bits per heavy atom. The molecule has 2 aromatic rings. The maximum absolute atomic E-state index is 12.3. The molecule has 32 heavy (non-hydrogen) atoms. The van der Waals surface area contributed by atoms with Crippen molar-refractivity contribution in [1.82, 2.24) is 20.4 Å². The second-order valence-corrected chi connectivity index (χ2v) is 10.6. The highest BCUT2D eigenvalue weighted by atomic mass is 32.1. The van der Waals surface area contributed by atoms with E-state index in [1.54, 1.807) is 0 Å². The number of hydrogen-bond donors (Lipinski definition) is 2. The van der Waals surface area contributed by atoms with Crippen LogP contribution in [0.4, 0.5) is 10.3 Å². The minimum absolute atomic E-state index is 0.0423. The minimum Gasteiger partial charge on any atom is -0.381 e. The van der Waals surface area contributed by atoms with Crippen molar-refractivity contribution < 1.29 is 19.1 Å². The second-order valence-electron chi connectivity index (χ2n) is 8.55. The fraction of sp³-hybridized carbons (Fsp3) is 0.700. The monoisotopic (exact) mass is 478 g/mol. The molecule has 4 heterocycles. The molecule has 2 aliphatic heterocycles. The molecule has 1 saturated carbocycles. The first kappa shape index (κ1) is 21.8. The quantitative estimate of drug-likeness (QED) is 0.649. The Hall–Kier alpha value is -2.02. The van der Waals surface area contributed by atoms with Gasteiger partial charge in [0.25, 0.3) is 0 Å². The molecular weight excluding hydrogens is 452 g/mol. The van der Waals surface area contributed by atoms with E-state index >= 15 is 0 Å². The number of nitrogens with zero attached hydrogens (tertiary/aromatic N) is 4. The molecule has 2 amide bonds. The summed E-state index contributed by atoms with van der Waals surface area (Å²) in [4.78, 5) is 24.6. The second kappa shape index (κ2) is 9.86. The lowest BCUT2D eigenvalue weighted by molar-refractivity contribution is -0.120. The molecular formula is C20H26N6O4S2. The summed E-state index contributed by atoms with van der Waals surface area (Å²) in [5.74, 6) is 0.275. The summed E-state index contributed by atoms with van der Waals surface area (Å²) in [5.41, 5.74) is 0. The van der Waals surface area contributed by atoms with Gasteiger partial charge in [-0.2, -0.15) is 0 Å². The summed E-state index contributed by atoms with van der Waals surface area (Å²) in [5, 5.41) is 25.9. The summed E-state index contributed by atoms with van der Waals surface area (Å²) >= 11 is 2.91. The van der Waals surface area contributed by atoms with Gasteiger partial charge < -0.3 is 20.1 Å². The van der Waals surface area contributed by atoms with Crippen molar-refractivity contribution in [3.63, 3.8) is 0 Å². The number of amides is 2. The highest BCUT2D eigenvalue weighted by molar-refractivity contribution is 7.15. The summed E-state index contributed by atoms with van der Waals surface area (Å²) < 4.78 is 10.6. The van der Waals surface area contributed by atoms with Gasteiger partial charge in [-0.05, 0) is 32.1 Å². The lowest BCUT2D eigenvalue weighted by atomic mass is 9.82. The predicted octanol–water partition coefficient (Wildman–Crippen LogP) is 2.78. The molecule has 172 valence electrons. The molecule has 0 radical (unpaired) electrons. The van der Waals surface area contributed by atoms with Crippen molar-refractivity contribution >= 4 is 44.8 Å². The van der Waals surface area contributed by atoms with E-state index in [0.29, 0.717) is 36.7 Å². The average molecular weight is 479 g/mol. The van der Waals surface area contributed by atoms with Crippen molar-refractivity contribution in [2.75, 3.05) is 37.1 Å². The topological polar surface area (TPSA) is 128 Å². The lowest BCUT2D eigenvalue weighted by Gasteiger charge is -2.25. The summed E-state index contributed by atoms with van der Waals surface area (Å²) in [6, 6.07) is 0. The molecule has 0 spiro atoms. The molecule has 0 bridgehead atoms. The van der Waals surface area contributed by atoms with Gasteiger partial charge in [-0.25, -0.2) is 0 Å². The SMILES string of the molecule is O=C(Nc1nnc(C2CCC[C@H](c3nnc(NC(=O)C4CCOC4)s3)C2)s1)C1CCOC1. The number of anilines is 2. The molecule has 0 aromatic carbocycles. The number of carbonyl (C=O) groups is 2. The summed E-state index contributed by atoms with van der Waals surface area (Å²) in [6.45, 7) is 2.21. The van der Waals surface area contributed by atoms with E-state index in [9.17, 15) is 9.59 Å². The predicted molar refractivity (Wildman–Crippen MR) is 119 cm³/mol. The van der Waals surface area contributed by atoms with E-state index < -0.39 is 0 Å². The number of aromatic nitrogens is 4. The highest BCUT2D eigenvalue weighted by Crippen LogP contribution is 2.43. The summed E-state index contributed by atoms with van der Waals surface area (Å²) in [7, 11) is 0. The zero-order valence-electron chi connectivity index (χ0n) is 17.6. The van der Waals surface area contributed by atoms with Crippen LogP contribution < -0.4 is 10.6 Å². The first-order valence-electron chi connectivity index (χ1n) is 11.1. The van der Waals surface area contributed by atoms with Crippen molar-refractivity contribution in [1.29, 1.82) is 0 Å². The average Bonchev–Trinajstić information content (AvgIpc) is 3.61. The van der Waals surface area contributed by atoms with E-state index in [1.165, 1.54) is 22.7 Å². The van der Waals surface area contributed by atoms with Gasteiger partial charge in [0, 0.05) is 25.0 Å². The van der Waals surface area contributed by atoms with Crippen LogP contribution in [0.5, 0.6) is 0 Å². The van der Waals surface area contributed by atoms with E-state index in [-0.39, 0.29) is 35.5 Å². The van der Waals surface area contributed by atoms with Crippen LogP contribution in [0.25, 0.3) is 0 Å². The molecule has 3 unspecified atom stereocenters. The maximum Gasteiger partial charge on any atom is 0.231 e. The fourth-order valence-electron chi connectivity index (χ4n) is 4.44. The maximum atomic E-state index is 12.3. The van der Waals surface area contributed by atoms with Crippen LogP contribution in [0.1, 0.15) is 60.4 Å². The van der Waals surface area contributed by atoms with Crippen LogP contribution in [0.3, 0.4) is 0 Å². The van der Waals surface area contributed by atoms with Gasteiger partial charge in [0.15, 0.2) is 0 Å². The van der Waals surface area contributed by atoms with Crippen LogP contribution in [0, 0.1) is 11.8 Å². The van der Waals surface area contributed by atoms with Crippen LogP contribution in [-0.4, -0.2) is 58.6 Å². The van der Waals surface area contributed by atoms with Crippen molar-refractivity contribution in [3.8, 4) is 0 Å². The molecule has 2 N–H and O–H groups in total. The molecule has 3 aliphatic rings. The Labute approximate surface area is 193 Å². The molecule has 4 atom stereocenters. The van der Waals surface area contributed by atoms with Crippen LogP contribution >= 0.6 is 22.7 Å². The van der Waals surface area contributed by atoms with Crippen LogP contribution in [0.2, 0.25) is 0 Å². The number of rotatable bonds is 6. The third-order valence-corrected chi connectivity index (χ3v) is 8.32. The Kier molecular flexibility index (Phi) is 6.72.